The zero-order chi connectivity index (χ0) is 15.2. The Morgan fingerprint density at radius 2 is 2.10 bits per heavy atom. The third kappa shape index (κ3) is 4.21. The van der Waals surface area contributed by atoms with E-state index in [1.165, 1.54) is 5.56 Å². The molecule has 3 heteroatoms. The molecule has 3 nitrogen and oxygen atoms in total. The maximum atomic E-state index is 6.15. The first kappa shape index (κ1) is 16.3. The summed E-state index contributed by atoms with van der Waals surface area (Å²) in [5, 5.41) is 3.54. The number of benzene rings is 1. The molecule has 1 aromatic rings. The van der Waals surface area contributed by atoms with Gasteiger partial charge in [0.2, 0.25) is 0 Å². The van der Waals surface area contributed by atoms with Gasteiger partial charge in [-0.25, -0.2) is 0 Å². The van der Waals surface area contributed by atoms with Crippen LogP contribution in [0.2, 0.25) is 0 Å². The van der Waals surface area contributed by atoms with Crippen molar-refractivity contribution in [2.75, 3.05) is 13.2 Å². The van der Waals surface area contributed by atoms with Crippen LogP contribution in [0, 0.1) is 0 Å². The molecule has 1 saturated carbocycles. The molecule has 1 aliphatic rings. The Labute approximate surface area is 129 Å². The lowest BCUT2D eigenvalue weighted by Crippen LogP contribution is -2.61. The summed E-state index contributed by atoms with van der Waals surface area (Å²) in [5.74, 6) is 1.49. The smallest absolute Gasteiger partial charge is 0.128 e. The fourth-order valence-corrected chi connectivity index (χ4v) is 2.76. The monoisotopic (exact) mass is 291 g/mol. The van der Waals surface area contributed by atoms with E-state index in [0.717, 1.165) is 31.7 Å². The van der Waals surface area contributed by atoms with Gasteiger partial charge in [0.15, 0.2) is 0 Å². The van der Waals surface area contributed by atoms with Crippen molar-refractivity contribution < 1.29 is 9.47 Å². The molecule has 118 valence electrons. The zero-order valence-electron chi connectivity index (χ0n) is 13.8. The first-order chi connectivity index (χ1) is 10.2. The molecule has 1 aliphatic carbocycles. The number of hydrogen-bond donors (Lipinski definition) is 1. The largest absolute Gasteiger partial charge is 0.488 e. The minimum atomic E-state index is 0.168. The molecule has 3 unspecified atom stereocenters. The Kier molecular flexibility index (Phi) is 6.07. The third-order valence-electron chi connectivity index (χ3n) is 4.08. The molecular formula is C18H29NO2. The molecule has 1 fully saturated rings. The fraction of sp³-hybridized carbons (Fsp3) is 0.667. The molecule has 1 N–H and O–H groups in total. The molecule has 0 bridgehead atoms. The summed E-state index contributed by atoms with van der Waals surface area (Å²) in [6.07, 6.45) is 2.51. The van der Waals surface area contributed by atoms with E-state index < -0.39 is 0 Å². The Bertz CT molecular complexity index is 433. The van der Waals surface area contributed by atoms with E-state index in [1.807, 2.05) is 13.0 Å². The van der Waals surface area contributed by atoms with Crippen LogP contribution in [0.4, 0.5) is 0 Å². The highest BCUT2D eigenvalue weighted by molar-refractivity contribution is 5.30. The maximum absolute atomic E-state index is 6.15. The lowest BCUT2D eigenvalue weighted by atomic mass is 9.85. The second-order valence-electron chi connectivity index (χ2n) is 6.10. The van der Waals surface area contributed by atoms with Crippen molar-refractivity contribution in [2.24, 2.45) is 0 Å². The normalized spacial score (nSPS) is 24.9. The van der Waals surface area contributed by atoms with E-state index in [-0.39, 0.29) is 12.2 Å². The Morgan fingerprint density at radius 1 is 1.29 bits per heavy atom. The highest BCUT2D eigenvalue weighted by atomic mass is 16.5. The van der Waals surface area contributed by atoms with E-state index in [4.69, 9.17) is 9.47 Å². The first-order valence-electron chi connectivity index (χ1n) is 8.27. The maximum Gasteiger partial charge on any atom is 0.128 e. The van der Waals surface area contributed by atoms with Crippen molar-refractivity contribution in [1.82, 2.24) is 5.32 Å². The minimum Gasteiger partial charge on any atom is -0.488 e. The standard InChI is InChI=1S/C18H29NO2/c1-5-10-19-16-12-17(18(16)20-6-2)21-15-9-7-8-14(11-15)13(3)4/h7-9,11,13,16-19H,5-6,10,12H2,1-4H3. The van der Waals surface area contributed by atoms with Crippen LogP contribution in [-0.4, -0.2) is 31.4 Å². The van der Waals surface area contributed by atoms with E-state index in [2.05, 4.69) is 44.3 Å². The Balaban J connectivity index is 1.94. The van der Waals surface area contributed by atoms with Crippen molar-refractivity contribution in [3.8, 4) is 5.75 Å². The lowest BCUT2D eigenvalue weighted by Gasteiger charge is -2.44. The van der Waals surface area contributed by atoms with Crippen LogP contribution < -0.4 is 10.1 Å². The molecule has 0 amide bonds. The van der Waals surface area contributed by atoms with E-state index >= 15 is 0 Å². The molecule has 0 heterocycles. The zero-order valence-corrected chi connectivity index (χ0v) is 13.8. The van der Waals surface area contributed by atoms with Gasteiger partial charge in [-0.1, -0.05) is 32.9 Å². The van der Waals surface area contributed by atoms with Gasteiger partial charge in [-0.2, -0.15) is 0 Å². The topological polar surface area (TPSA) is 30.5 Å². The van der Waals surface area contributed by atoms with E-state index in [0.29, 0.717) is 12.0 Å². The van der Waals surface area contributed by atoms with Gasteiger partial charge >= 0.3 is 0 Å². The first-order valence-corrected chi connectivity index (χ1v) is 8.27. The molecule has 21 heavy (non-hydrogen) atoms. The highest BCUT2D eigenvalue weighted by Gasteiger charge is 2.43. The molecular weight excluding hydrogens is 262 g/mol. The predicted octanol–water partition coefficient (Wildman–Crippen LogP) is 3.73. The van der Waals surface area contributed by atoms with Crippen molar-refractivity contribution in [1.29, 1.82) is 0 Å². The van der Waals surface area contributed by atoms with Gasteiger partial charge in [-0.3, -0.25) is 0 Å². The lowest BCUT2D eigenvalue weighted by molar-refractivity contribution is -0.104. The Hall–Kier alpha value is -1.06. The van der Waals surface area contributed by atoms with Gasteiger partial charge in [0.1, 0.15) is 18.0 Å². The van der Waals surface area contributed by atoms with Crippen LogP contribution >= 0.6 is 0 Å². The SMILES string of the molecule is CCCNC1CC(Oc2cccc(C(C)C)c2)C1OCC. The molecule has 1 aromatic carbocycles. The molecule has 0 saturated heterocycles. The number of hydrogen-bond acceptors (Lipinski definition) is 3. The summed E-state index contributed by atoms with van der Waals surface area (Å²) in [6, 6.07) is 8.86. The second-order valence-corrected chi connectivity index (χ2v) is 6.10. The van der Waals surface area contributed by atoms with Crippen molar-refractivity contribution >= 4 is 0 Å². The van der Waals surface area contributed by atoms with Gasteiger partial charge in [0, 0.05) is 19.1 Å². The van der Waals surface area contributed by atoms with Gasteiger partial charge < -0.3 is 14.8 Å². The second kappa shape index (κ2) is 7.81. The van der Waals surface area contributed by atoms with Crippen LogP contribution in [0.15, 0.2) is 24.3 Å². The van der Waals surface area contributed by atoms with Crippen molar-refractivity contribution in [2.45, 2.75) is 64.7 Å². The van der Waals surface area contributed by atoms with E-state index in [1.54, 1.807) is 0 Å². The summed E-state index contributed by atoms with van der Waals surface area (Å²) < 4.78 is 12.0. The van der Waals surface area contributed by atoms with E-state index in [9.17, 15) is 0 Å². The van der Waals surface area contributed by atoms with Crippen LogP contribution in [0.5, 0.6) is 5.75 Å². The summed E-state index contributed by atoms with van der Waals surface area (Å²) in [6.45, 7) is 10.4. The van der Waals surface area contributed by atoms with Crippen LogP contribution in [0.25, 0.3) is 0 Å². The molecule has 0 aromatic heterocycles. The number of nitrogens with one attached hydrogen (secondary N) is 1. The predicted molar refractivity (Wildman–Crippen MR) is 87.1 cm³/mol. The number of ether oxygens (including phenoxy) is 2. The van der Waals surface area contributed by atoms with Crippen molar-refractivity contribution in [3.63, 3.8) is 0 Å². The van der Waals surface area contributed by atoms with Crippen molar-refractivity contribution in [3.05, 3.63) is 29.8 Å². The van der Waals surface area contributed by atoms with Crippen LogP contribution in [0.3, 0.4) is 0 Å². The number of rotatable bonds is 8. The average molecular weight is 291 g/mol. The van der Waals surface area contributed by atoms with Crippen LogP contribution in [-0.2, 0) is 4.74 Å². The molecule has 3 atom stereocenters. The molecule has 2 rings (SSSR count). The van der Waals surface area contributed by atoms with Gasteiger partial charge in [-0.05, 0) is 43.5 Å². The summed E-state index contributed by atoms with van der Waals surface area (Å²) >= 11 is 0. The van der Waals surface area contributed by atoms with Gasteiger partial charge in [0.05, 0.1) is 0 Å². The van der Waals surface area contributed by atoms with Gasteiger partial charge in [0.25, 0.3) is 0 Å². The highest BCUT2D eigenvalue weighted by Crippen LogP contribution is 2.30. The summed E-state index contributed by atoms with van der Waals surface area (Å²) in [5.41, 5.74) is 1.32. The summed E-state index contributed by atoms with van der Waals surface area (Å²) in [4.78, 5) is 0. The average Bonchev–Trinajstić information content (AvgIpc) is 2.48. The quantitative estimate of drug-likeness (QED) is 0.791. The minimum absolute atomic E-state index is 0.168. The summed E-state index contributed by atoms with van der Waals surface area (Å²) in [7, 11) is 0. The molecule has 0 aliphatic heterocycles. The fourth-order valence-electron chi connectivity index (χ4n) is 2.76. The Morgan fingerprint density at radius 3 is 2.76 bits per heavy atom. The third-order valence-corrected chi connectivity index (χ3v) is 4.08. The molecule has 0 spiro atoms. The van der Waals surface area contributed by atoms with Gasteiger partial charge in [-0.15, -0.1) is 0 Å². The molecule has 0 radical (unpaired) electrons. The van der Waals surface area contributed by atoms with Crippen LogP contribution in [0.1, 0.15) is 52.0 Å².